The first-order valence-electron chi connectivity index (χ1n) is 9.79. The second-order valence-corrected chi connectivity index (χ2v) is 7.11. The maximum absolute atomic E-state index is 5.32. The van der Waals surface area contributed by atoms with Crippen LogP contribution in [0.5, 0.6) is 6.01 Å². The summed E-state index contributed by atoms with van der Waals surface area (Å²) in [5.41, 5.74) is 0. The van der Waals surface area contributed by atoms with E-state index in [1.807, 2.05) is 24.4 Å². The van der Waals surface area contributed by atoms with E-state index in [0.717, 1.165) is 38.4 Å². The fourth-order valence-corrected chi connectivity index (χ4v) is 3.72. The van der Waals surface area contributed by atoms with E-state index in [4.69, 9.17) is 4.74 Å². The Morgan fingerprint density at radius 3 is 2.59 bits per heavy atom. The predicted octanol–water partition coefficient (Wildman–Crippen LogP) is 2.35. The van der Waals surface area contributed by atoms with Crippen molar-refractivity contribution in [2.24, 2.45) is 0 Å². The van der Waals surface area contributed by atoms with Gasteiger partial charge in [0.25, 0.3) is 0 Å². The summed E-state index contributed by atoms with van der Waals surface area (Å²) < 4.78 is 5.32. The zero-order valence-electron chi connectivity index (χ0n) is 15.8. The maximum Gasteiger partial charge on any atom is 0.322 e. The van der Waals surface area contributed by atoms with Crippen LogP contribution in [-0.4, -0.2) is 59.3 Å². The molecule has 8 nitrogen and oxygen atoms in total. The Kier molecular flexibility index (Phi) is 5.50. The van der Waals surface area contributed by atoms with E-state index in [9.17, 15) is 0 Å². The number of nitrogens with zero attached hydrogens (tertiary/aromatic N) is 6. The fourth-order valence-electron chi connectivity index (χ4n) is 3.72. The summed E-state index contributed by atoms with van der Waals surface area (Å²) in [6, 6.07) is 6.65. The van der Waals surface area contributed by atoms with E-state index in [-0.39, 0.29) is 6.04 Å². The number of aromatic nitrogens is 4. The van der Waals surface area contributed by atoms with Gasteiger partial charge in [-0.3, -0.25) is 0 Å². The number of nitrogens with one attached hydrogen (secondary N) is 1. The molecule has 2 aromatic rings. The van der Waals surface area contributed by atoms with E-state index in [0.29, 0.717) is 17.9 Å². The molecule has 2 saturated heterocycles. The third-order valence-corrected chi connectivity index (χ3v) is 5.17. The second kappa shape index (κ2) is 8.37. The number of ether oxygens (including phenoxy) is 1. The minimum Gasteiger partial charge on any atom is -0.467 e. The largest absolute Gasteiger partial charge is 0.467 e. The van der Waals surface area contributed by atoms with Gasteiger partial charge in [-0.1, -0.05) is 18.9 Å². The molecule has 0 spiro atoms. The van der Waals surface area contributed by atoms with Gasteiger partial charge in [0.2, 0.25) is 11.9 Å². The van der Waals surface area contributed by atoms with Crippen LogP contribution in [0.2, 0.25) is 0 Å². The van der Waals surface area contributed by atoms with E-state index >= 15 is 0 Å². The molecule has 27 heavy (non-hydrogen) atoms. The molecule has 4 heterocycles. The van der Waals surface area contributed by atoms with E-state index in [2.05, 4.69) is 35.1 Å². The van der Waals surface area contributed by atoms with Gasteiger partial charge >= 0.3 is 6.01 Å². The van der Waals surface area contributed by atoms with Gasteiger partial charge in [0.1, 0.15) is 5.82 Å². The number of pyridine rings is 1. The van der Waals surface area contributed by atoms with Crippen molar-refractivity contribution in [3.63, 3.8) is 0 Å². The van der Waals surface area contributed by atoms with Crippen molar-refractivity contribution in [1.82, 2.24) is 19.9 Å². The van der Waals surface area contributed by atoms with Crippen LogP contribution in [-0.2, 0) is 0 Å². The average Bonchev–Trinajstić information content (AvgIpc) is 3.00. The topological polar surface area (TPSA) is 79.3 Å². The highest BCUT2D eigenvalue weighted by atomic mass is 16.5. The van der Waals surface area contributed by atoms with E-state index in [1.54, 1.807) is 7.11 Å². The summed E-state index contributed by atoms with van der Waals surface area (Å²) in [4.78, 5) is 22.6. The fraction of sp³-hybridized carbons (Fsp3) is 0.579. The molecule has 0 aromatic carbocycles. The molecule has 2 aliphatic rings. The summed E-state index contributed by atoms with van der Waals surface area (Å²) in [6.45, 7) is 3.83. The SMILES string of the molecule is COc1nc(NC2CCN(c3ccccn3)C2)nc(N2CCCCCC2)n1. The first kappa shape index (κ1) is 17.8. The zero-order valence-corrected chi connectivity index (χ0v) is 15.8. The molecule has 8 heteroatoms. The van der Waals surface area contributed by atoms with Crippen LogP contribution in [0.1, 0.15) is 32.1 Å². The van der Waals surface area contributed by atoms with Crippen molar-refractivity contribution in [3.05, 3.63) is 24.4 Å². The summed E-state index contributed by atoms with van der Waals surface area (Å²) in [5, 5.41) is 3.47. The molecule has 2 aromatic heterocycles. The predicted molar refractivity (Wildman–Crippen MR) is 106 cm³/mol. The van der Waals surface area contributed by atoms with Crippen LogP contribution >= 0.6 is 0 Å². The highest BCUT2D eigenvalue weighted by Gasteiger charge is 2.25. The molecule has 0 saturated carbocycles. The molecule has 0 radical (unpaired) electrons. The van der Waals surface area contributed by atoms with E-state index in [1.165, 1.54) is 25.7 Å². The van der Waals surface area contributed by atoms with Crippen molar-refractivity contribution < 1.29 is 4.74 Å². The Balaban J connectivity index is 1.46. The monoisotopic (exact) mass is 369 g/mol. The quantitative estimate of drug-likeness (QED) is 0.860. The first-order chi connectivity index (χ1) is 13.3. The lowest BCUT2D eigenvalue weighted by molar-refractivity contribution is 0.378. The number of methoxy groups -OCH3 is 1. The summed E-state index contributed by atoms with van der Waals surface area (Å²) in [7, 11) is 1.60. The normalized spacial score (nSPS) is 20.4. The van der Waals surface area contributed by atoms with Gasteiger partial charge in [0, 0.05) is 38.4 Å². The molecule has 2 fully saturated rings. The first-order valence-corrected chi connectivity index (χ1v) is 9.79. The second-order valence-electron chi connectivity index (χ2n) is 7.11. The molecule has 1 atom stereocenters. The van der Waals surface area contributed by atoms with Gasteiger partial charge in [-0.15, -0.1) is 0 Å². The third kappa shape index (κ3) is 4.37. The van der Waals surface area contributed by atoms with Crippen LogP contribution in [0.3, 0.4) is 0 Å². The molecule has 0 amide bonds. The molecule has 2 aliphatic heterocycles. The van der Waals surface area contributed by atoms with Crippen LogP contribution < -0.4 is 19.9 Å². The highest BCUT2D eigenvalue weighted by Crippen LogP contribution is 2.22. The lowest BCUT2D eigenvalue weighted by atomic mass is 10.2. The zero-order chi connectivity index (χ0) is 18.5. The van der Waals surface area contributed by atoms with Crippen molar-refractivity contribution in [3.8, 4) is 6.01 Å². The van der Waals surface area contributed by atoms with Gasteiger partial charge in [0.05, 0.1) is 7.11 Å². The van der Waals surface area contributed by atoms with Crippen molar-refractivity contribution in [2.75, 3.05) is 48.4 Å². The Bertz CT molecular complexity index is 734. The van der Waals surface area contributed by atoms with Crippen molar-refractivity contribution in [2.45, 2.75) is 38.1 Å². The Hall–Kier alpha value is -2.64. The molecule has 1 unspecified atom stereocenters. The van der Waals surface area contributed by atoms with E-state index < -0.39 is 0 Å². The lowest BCUT2D eigenvalue weighted by Crippen LogP contribution is -2.29. The number of anilines is 3. The van der Waals surface area contributed by atoms with Crippen LogP contribution in [0, 0.1) is 0 Å². The summed E-state index contributed by atoms with van der Waals surface area (Å²) in [5.74, 6) is 2.32. The van der Waals surface area contributed by atoms with Crippen molar-refractivity contribution in [1.29, 1.82) is 0 Å². The highest BCUT2D eigenvalue weighted by molar-refractivity contribution is 5.43. The maximum atomic E-state index is 5.32. The summed E-state index contributed by atoms with van der Waals surface area (Å²) in [6.07, 6.45) is 7.76. The average molecular weight is 369 g/mol. The standard InChI is InChI=1S/C19H27N7O/c1-27-19-23-17(22-18(24-19)25-11-6-2-3-7-12-25)21-15-9-13-26(14-15)16-8-4-5-10-20-16/h4-5,8,10,15H,2-3,6-7,9,11-14H2,1H3,(H,21,22,23,24). The van der Waals surface area contributed by atoms with Gasteiger partial charge in [-0.2, -0.15) is 15.0 Å². The number of rotatable bonds is 5. The molecular formula is C19H27N7O. The number of hydrogen-bond acceptors (Lipinski definition) is 8. The Morgan fingerprint density at radius 2 is 1.85 bits per heavy atom. The molecule has 4 rings (SSSR count). The molecule has 144 valence electrons. The Labute approximate surface area is 160 Å². The smallest absolute Gasteiger partial charge is 0.322 e. The van der Waals surface area contributed by atoms with Crippen LogP contribution in [0.4, 0.5) is 17.7 Å². The summed E-state index contributed by atoms with van der Waals surface area (Å²) >= 11 is 0. The molecule has 0 bridgehead atoms. The molecule has 0 aliphatic carbocycles. The van der Waals surface area contributed by atoms with Crippen LogP contribution in [0.15, 0.2) is 24.4 Å². The van der Waals surface area contributed by atoms with Gasteiger partial charge < -0.3 is 19.9 Å². The van der Waals surface area contributed by atoms with Gasteiger partial charge in [-0.25, -0.2) is 4.98 Å². The molecular weight excluding hydrogens is 342 g/mol. The number of hydrogen-bond donors (Lipinski definition) is 1. The van der Waals surface area contributed by atoms with Gasteiger partial charge in [0.15, 0.2) is 0 Å². The third-order valence-electron chi connectivity index (χ3n) is 5.17. The minimum absolute atomic E-state index is 0.274. The molecule has 1 N–H and O–H groups in total. The lowest BCUT2D eigenvalue weighted by Gasteiger charge is -2.21. The van der Waals surface area contributed by atoms with Crippen LogP contribution in [0.25, 0.3) is 0 Å². The van der Waals surface area contributed by atoms with Crippen molar-refractivity contribution >= 4 is 17.7 Å². The minimum atomic E-state index is 0.274. The Morgan fingerprint density at radius 1 is 1.00 bits per heavy atom. The van der Waals surface area contributed by atoms with Gasteiger partial charge in [-0.05, 0) is 31.4 Å².